The second-order valence-corrected chi connectivity index (χ2v) is 8.41. The molecule has 0 aromatic carbocycles. The molecule has 2 fully saturated rings. The molecule has 2 amide bonds. The van der Waals surface area contributed by atoms with Crippen molar-refractivity contribution in [3.63, 3.8) is 0 Å². The summed E-state index contributed by atoms with van der Waals surface area (Å²) in [5.41, 5.74) is 6.28. The normalized spacial score (nSPS) is 25.4. The van der Waals surface area contributed by atoms with Crippen LogP contribution in [0.1, 0.15) is 50.6 Å². The Kier molecular flexibility index (Phi) is 8.22. The van der Waals surface area contributed by atoms with Crippen molar-refractivity contribution in [1.82, 2.24) is 15.2 Å². The lowest BCUT2D eigenvalue weighted by Gasteiger charge is -2.44. The van der Waals surface area contributed by atoms with Crippen LogP contribution >= 0.6 is 0 Å². The average molecular weight is 458 g/mol. The van der Waals surface area contributed by atoms with Gasteiger partial charge in [-0.25, -0.2) is 4.79 Å². The molecule has 1 aliphatic carbocycles. The lowest BCUT2D eigenvalue weighted by atomic mass is 9.66. The number of aromatic nitrogens is 1. The average Bonchev–Trinajstić information content (AvgIpc) is 3.04. The second-order valence-electron chi connectivity index (χ2n) is 8.41. The molecule has 32 heavy (non-hydrogen) atoms. The first-order valence-electron chi connectivity index (χ1n) is 10.4. The maximum atomic E-state index is 12.4. The predicted octanol–water partition coefficient (Wildman–Crippen LogP) is 2.19. The summed E-state index contributed by atoms with van der Waals surface area (Å²) in [5.74, 6) is -2.83. The number of carbonyl (C=O) groups excluding carboxylic acids is 2. The van der Waals surface area contributed by atoms with Crippen molar-refractivity contribution < 1.29 is 32.7 Å². The van der Waals surface area contributed by atoms with Gasteiger partial charge in [0.1, 0.15) is 0 Å². The fraction of sp³-hybridized carbons (Fsp3) is 0.619. The summed E-state index contributed by atoms with van der Waals surface area (Å²) >= 11 is 0. The van der Waals surface area contributed by atoms with E-state index in [1.165, 1.54) is 0 Å². The molecular weight excluding hydrogens is 429 g/mol. The fourth-order valence-electron chi connectivity index (χ4n) is 4.45. The third kappa shape index (κ3) is 6.41. The van der Waals surface area contributed by atoms with Gasteiger partial charge in [0.25, 0.3) is 0 Å². The number of primary amides is 1. The van der Waals surface area contributed by atoms with E-state index in [1.54, 1.807) is 0 Å². The summed E-state index contributed by atoms with van der Waals surface area (Å²) in [6.45, 7) is 1.45. The van der Waals surface area contributed by atoms with Crippen LogP contribution in [0.4, 0.5) is 13.2 Å². The Balaban J connectivity index is 0.000000451. The number of aliphatic carboxylic acids is 1. The third-order valence-corrected chi connectivity index (χ3v) is 6.30. The summed E-state index contributed by atoms with van der Waals surface area (Å²) in [5, 5.41) is 10.6. The van der Waals surface area contributed by atoms with Gasteiger partial charge in [-0.1, -0.05) is 6.07 Å². The number of nitrogens with zero attached hydrogens (tertiary/aromatic N) is 2. The maximum Gasteiger partial charge on any atom is 0.490 e. The number of carboxylic acid groups (broad SMARTS) is 1. The SMILES string of the molecule is CNC1(c2ccccn2)CCC2(CC1)CC(=O)N(CCCC(N)=O)C2.O=C(O)C(F)(F)F. The Morgan fingerprint density at radius 3 is 2.34 bits per heavy atom. The van der Waals surface area contributed by atoms with Crippen LogP contribution in [-0.2, 0) is 19.9 Å². The Bertz CT molecular complexity index is 809. The number of carboxylic acids is 1. The van der Waals surface area contributed by atoms with Crippen molar-refractivity contribution >= 4 is 17.8 Å². The monoisotopic (exact) mass is 458 g/mol. The number of amides is 2. The summed E-state index contributed by atoms with van der Waals surface area (Å²) in [4.78, 5) is 38.7. The maximum absolute atomic E-state index is 12.4. The Labute approximate surface area is 184 Å². The highest BCUT2D eigenvalue weighted by Gasteiger charge is 2.49. The highest BCUT2D eigenvalue weighted by molar-refractivity contribution is 5.79. The van der Waals surface area contributed by atoms with E-state index in [4.69, 9.17) is 15.6 Å². The van der Waals surface area contributed by atoms with Gasteiger partial charge in [0, 0.05) is 32.1 Å². The van der Waals surface area contributed by atoms with Crippen LogP contribution in [0.25, 0.3) is 0 Å². The zero-order valence-electron chi connectivity index (χ0n) is 18.0. The number of pyridine rings is 1. The lowest BCUT2D eigenvalue weighted by molar-refractivity contribution is -0.192. The highest BCUT2D eigenvalue weighted by atomic mass is 19.4. The van der Waals surface area contributed by atoms with E-state index in [2.05, 4.69) is 16.4 Å². The largest absolute Gasteiger partial charge is 0.490 e. The van der Waals surface area contributed by atoms with Crippen LogP contribution in [0.2, 0.25) is 0 Å². The number of alkyl halides is 3. The predicted molar refractivity (Wildman–Crippen MR) is 109 cm³/mol. The number of nitrogens with one attached hydrogen (secondary N) is 1. The summed E-state index contributed by atoms with van der Waals surface area (Å²) in [6.07, 6.45) is 2.41. The number of rotatable bonds is 6. The van der Waals surface area contributed by atoms with Crippen molar-refractivity contribution in [2.45, 2.75) is 56.7 Å². The molecule has 11 heteroatoms. The van der Waals surface area contributed by atoms with Crippen LogP contribution in [0.3, 0.4) is 0 Å². The zero-order chi connectivity index (χ0) is 24.0. The Hall–Kier alpha value is -2.69. The molecule has 1 saturated heterocycles. The number of hydrogen-bond donors (Lipinski definition) is 3. The Morgan fingerprint density at radius 2 is 1.88 bits per heavy atom. The van der Waals surface area contributed by atoms with E-state index in [9.17, 15) is 22.8 Å². The third-order valence-electron chi connectivity index (χ3n) is 6.30. The number of carbonyl (C=O) groups is 3. The molecule has 0 unspecified atom stereocenters. The van der Waals surface area contributed by atoms with E-state index in [0.29, 0.717) is 25.8 Å². The molecule has 0 radical (unpaired) electrons. The standard InChI is InChI=1S/C19H28N4O2.C2HF3O2/c1-21-19(15-5-2-3-11-22-15)9-7-18(8-10-19)13-17(25)23(14-18)12-4-6-16(20)24;3-2(4,5)1(6)7/h2-3,5,11,21H,4,6-10,12-14H2,1H3,(H2,20,24);(H,6,7). The fourth-order valence-corrected chi connectivity index (χ4v) is 4.45. The van der Waals surface area contributed by atoms with Crippen molar-refractivity contribution in [2.75, 3.05) is 20.1 Å². The van der Waals surface area contributed by atoms with Gasteiger partial charge in [0.2, 0.25) is 11.8 Å². The molecule has 0 bridgehead atoms. The van der Waals surface area contributed by atoms with Crippen LogP contribution in [-0.4, -0.2) is 59.1 Å². The number of hydrogen-bond acceptors (Lipinski definition) is 5. The molecule has 2 aliphatic rings. The molecule has 1 spiro atoms. The van der Waals surface area contributed by atoms with Crippen LogP contribution in [0.15, 0.2) is 24.4 Å². The minimum Gasteiger partial charge on any atom is -0.475 e. The summed E-state index contributed by atoms with van der Waals surface area (Å²) in [6, 6.07) is 6.06. The zero-order valence-corrected chi connectivity index (χ0v) is 18.0. The molecule has 178 valence electrons. The van der Waals surface area contributed by atoms with Gasteiger partial charge in [0.05, 0.1) is 11.2 Å². The van der Waals surface area contributed by atoms with Crippen LogP contribution in [0, 0.1) is 5.41 Å². The van der Waals surface area contributed by atoms with Crippen LogP contribution < -0.4 is 11.1 Å². The molecule has 2 heterocycles. The summed E-state index contributed by atoms with van der Waals surface area (Å²) in [7, 11) is 2.00. The quantitative estimate of drug-likeness (QED) is 0.600. The molecular formula is C21H29F3N4O4. The molecule has 4 N–H and O–H groups in total. The van der Waals surface area contributed by atoms with E-state index in [0.717, 1.165) is 37.9 Å². The molecule has 1 aromatic rings. The van der Waals surface area contributed by atoms with E-state index < -0.39 is 12.1 Å². The summed E-state index contributed by atoms with van der Waals surface area (Å²) < 4.78 is 31.7. The van der Waals surface area contributed by atoms with Gasteiger partial charge < -0.3 is 21.1 Å². The molecule has 0 atom stereocenters. The first kappa shape index (κ1) is 25.6. The molecule has 1 aliphatic heterocycles. The first-order valence-corrected chi connectivity index (χ1v) is 10.4. The van der Waals surface area contributed by atoms with Crippen molar-refractivity contribution in [2.24, 2.45) is 11.1 Å². The van der Waals surface area contributed by atoms with Gasteiger partial charge in [-0.15, -0.1) is 0 Å². The minimum atomic E-state index is -5.08. The Morgan fingerprint density at radius 1 is 1.25 bits per heavy atom. The van der Waals surface area contributed by atoms with Crippen molar-refractivity contribution in [1.29, 1.82) is 0 Å². The first-order chi connectivity index (χ1) is 14.9. The second kappa shape index (κ2) is 10.3. The van der Waals surface area contributed by atoms with E-state index in [1.807, 2.05) is 30.3 Å². The van der Waals surface area contributed by atoms with Gasteiger partial charge in [0.15, 0.2) is 0 Å². The highest BCUT2D eigenvalue weighted by Crippen LogP contribution is 2.49. The molecule has 1 saturated carbocycles. The number of likely N-dealkylation sites (tertiary alicyclic amines) is 1. The number of halogens is 3. The van der Waals surface area contributed by atoms with Crippen molar-refractivity contribution in [3.05, 3.63) is 30.1 Å². The minimum absolute atomic E-state index is 0.0823. The topological polar surface area (TPSA) is 126 Å². The van der Waals surface area contributed by atoms with Gasteiger partial charge >= 0.3 is 12.1 Å². The smallest absolute Gasteiger partial charge is 0.475 e. The number of nitrogens with two attached hydrogens (primary N) is 1. The molecule has 8 nitrogen and oxygen atoms in total. The van der Waals surface area contributed by atoms with E-state index in [-0.39, 0.29) is 22.8 Å². The van der Waals surface area contributed by atoms with Crippen molar-refractivity contribution in [3.8, 4) is 0 Å². The van der Waals surface area contributed by atoms with Gasteiger partial charge in [-0.2, -0.15) is 13.2 Å². The lowest BCUT2D eigenvalue weighted by Crippen LogP contribution is -2.47. The van der Waals surface area contributed by atoms with Crippen LogP contribution in [0.5, 0.6) is 0 Å². The van der Waals surface area contributed by atoms with Gasteiger partial charge in [-0.05, 0) is 56.7 Å². The van der Waals surface area contributed by atoms with E-state index >= 15 is 0 Å². The molecule has 1 aromatic heterocycles. The molecule has 3 rings (SSSR count). The van der Waals surface area contributed by atoms with Gasteiger partial charge in [-0.3, -0.25) is 14.6 Å².